The normalized spacial score (nSPS) is 18.7. The Bertz CT molecular complexity index is 1170. The highest BCUT2D eigenvalue weighted by molar-refractivity contribution is 5.95. The SMILES string of the molecule is CC(C)c1nc2ccccc2n1Cc1ccc(C(=O)N[C@@H]2CN(C(C)C)C[C@@H]2C(=O)NO)cc1. The lowest BCUT2D eigenvalue weighted by Gasteiger charge is -2.20. The van der Waals surface area contributed by atoms with Gasteiger partial charge in [-0.2, -0.15) is 0 Å². The Balaban J connectivity index is 1.49. The molecular weight excluding hydrogens is 430 g/mol. The van der Waals surface area contributed by atoms with Crippen molar-refractivity contribution in [3.8, 4) is 0 Å². The van der Waals surface area contributed by atoms with E-state index < -0.39 is 11.8 Å². The van der Waals surface area contributed by atoms with Crippen LogP contribution in [0.2, 0.25) is 0 Å². The summed E-state index contributed by atoms with van der Waals surface area (Å²) in [6.45, 7) is 10.1. The summed E-state index contributed by atoms with van der Waals surface area (Å²) in [4.78, 5) is 32.0. The van der Waals surface area contributed by atoms with Crippen LogP contribution < -0.4 is 10.8 Å². The van der Waals surface area contributed by atoms with Crippen LogP contribution in [-0.2, 0) is 11.3 Å². The Morgan fingerprint density at radius 3 is 2.41 bits per heavy atom. The molecule has 0 saturated carbocycles. The first-order valence-electron chi connectivity index (χ1n) is 11.8. The molecule has 1 aliphatic rings. The molecule has 3 aromatic rings. The number of amides is 2. The number of nitrogens with one attached hydrogen (secondary N) is 2. The number of benzene rings is 2. The van der Waals surface area contributed by atoms with E-state index in [1.54, 1.807) is 5.48 Å². The van der Waals surface area contributed by atoms with Crippen LogP contribution >= 0.6 is 0 Å². The van der Waals surface area contributed by atoms with Gasteiger partial charge in [-0.05, 0) is 43.7 Å². The number of imidazole rings is 1. The number of para-hydroxylation sites is 2. The summed E-state index contributed by atoms with van der Waals surface area (Å²) in [5.41, 5.74) is 5.43. The number of hydroxylamine groups is 1. The van der Waals surface area contributed by atoms with Crippen LogP contribution in [0.5, 0.6) is 0 Å². The Hall–Kier alpha value is -3.23. The van der Waals surface area contributed by atoms with Crippen LogP contribution in [-0.4, -0.2) is 56.6 Å². The highest BCUT2D eigenvalue weighted by atomic mass is 16.5. The van der Waals surface area contributed by atoms with Crippen molar-refractivity contribution in [1.29, 1.82) is 0 Å². The second-order valence-electron chi connectivity index (χ2n) is 9.61. The lowest BCUT2D eigenvalue weighted by atomic mass is 10.0. The van der Waals surface area contributed by atoms with Gasteiger partial charge in [-0.1, -0.05) is 38.1 Å². The summed E-state index contributed by atoms with van der Waals surface area (Å²) < 4.78 is 2.23. The van der Waals surface area contributed by atoms with Crippen LogP contribution in [0.4, 0.5) is 0 Å². The van der Waals surface area contributed by atoms with Crippen molar-refractivity contribution in [2.45, 2.75) is 52.2 Å². The number of hydrogen-bond acceptors (Lipinski definition) is 5. The zero-order valence-corrected chi connectivity index (χ0v) is 20.2. The van der Waals surface area contributed by atoms with E-state index in [-0.39, 0.29) is 18.0 Å². The van der Waals surface area contributed by atoms with Crippen molar-refractivity contribution in [2.24, 2.45) is 5.92 Å². The largest absolute Gasteiger partial charge is 0.347 e. The van der Waals surface area contributed by atoms with E-state index in [0.29, 0.717) is 31.1 Å². The van der Waals surface area contributed by atoms with Crippen molar-refractivity contribution in [3.05, 3.63) is 65.5 Å². The Kier molecular flexibility index (Phi) is 7.00. The van der Waals surface area contributed by atoms with Gasteiger partial charge >= 0.3 is 0 Å². The van der Waals surface area contributed by atoms with Gasteiger partial charge < -0.3 is 9.88 Å². The molecule has 0 radical (unpaired) electrons. The van der Waals surface area contributed by atoms with Gasteiger partial charge in [-0.25, -0.2) is 10.5 Å². The van der Waals surface area contributed by atoms with Gasteiger partial charge in [-0.15, -0.1) is 0 Å². The fourth-order valence-corrected chi connectivity index (χ4v) is 4.65. The van der Waals surface area contributed by atoms with Gasteiger partial charge in [0.2, 0.25) is 5.91 Å². The summed E-state index contributed by atoms with van der Waals surface area (Å²) >= 11 is 0. The number of rotatable bonds is 7. The molecule has 1 fully saturated rings. The van der Waals surface area contributed by atoms with Crippen molar-refractivity contribution >= 4 is 22.8 Å². The molecule has 2 amide bonds. The van der Waals surface area contributed by atoms with E-state index in [1.807, 2.05) is 56.3 Å². The lowest BCUT2D eigenvalue weighted by Crippen LogP contribution is -2.45. The molecule has 1 aliphatic heterocycles. The Morgan fingerprint density at radius 1 is 1.06 bits per heavy atom. The van der Waals surface area contributed by atoms with Crippen LogP contribution in [0.3, 0.4) is 0 Å². The average molecular weight is 464 g/mol. The monoisotopic (exact) mass is 463 g/mol. The molecule has 3 N–H and O–H groups in total. The second kappa shape index (κ2) is 9.95. The van der Waals surface area contributed by atoms with Crippen molar-refractivity contribution in [3.63, 3.8) is 0 Å². The smallest absolute Gasteiger partial charge is 0.251 e. The molecule has 2 heterocycles. The fraction of sp³-hybridized carbons (Fsp3) is 0.423. The molecule has 0 spiro atoms. The first kappa shape index (κ1) is 23.9. The predicted octanol–water partition coefficient (Wildman–Crippen LogP) is 3.15. The number of carbonyl (C=O) groups excluding carboxylic acids is 2. The molecule has 0 bridgehead atoms. The van der Waals surface area contributed by atoms with Gasteiger partial charge in [-0.3, -0.25) is 19.7 Å². The molecule has 0 aliphatic carbocycles. The molecule has 1 aromatic heterocycles. The molecular formula is C26H33N5O3. The van der Waals surface area contributed by atoms with Crippen LogP contribution in [0, 0.1) is 5.92 Å². The summed E-state index contributed by atoms with van der Waals surface area (Å²) in [6.07, 6.45) is 0. The number of aromatic nitrogens is 2. The highest BCUT2D eigenvalue weighted by Gasteiger charge is 2.39. The number of fused-ring (bicyclic) bond motifs is 1. The minimum absolute atomic E-state index is 0.228. The van der Waals surface area contributed by atoms with E-state index in [4.69, 9.17) is 10.2 Å². The van der Waals surface area contributed by atoms with Gasteiger partial charge in [0.25, 0.3) is 5.91 Å². The summed E-state index contributed by atoms with van der Waals surface area (Å²) in [5.74, 6) is 0.122. The molecule has 2 aromatic carbocycles. The maximum atomic E-state index is 12.9. The zero-order valence-electron chi connectivity index (χ0n) is 20.2. The molecule has 2 atom stereocenters. The second-order valence-corrected chi connectivity index (χ2v) is 9.61. The summed E-state index contributed by atoms with van der Waals surface area (Å²) in [5, 5.41) is 12.1. The van der Waals surface area contributed by atoms with E-state index in [0.717, 1.165) is 22.4 Å². The first-order chi connectivity index (χ1) is 16.3. The minimum atomic E-state index is -0.500. The third-order valence-corrected chi connectivity index (χ3v) is 6.60. The lowest BCUT2D eigenvalue weighted by molar-refractivity contribution is -0.133. The van der Waals surface area contributed by atoms with Crippen LogP contribution in [0.1, 0.15) is 55.4 Å². The standard InChI is InChI=1S/C26H33N5O3/c1-16(2)24-27-21-7-5-6-8-23(21)31(24)13-18-9-11-19(12-10-18)25(32)28-22-15-30(17(3)4)14-20(22)26(33)29-34/h5-12,16-17,20,22,34H,13-15H2,1-4H3,(H,28,32)(H,29,33)/t20-,22+/m0/s1. The van der Waals surface area contributed by atoms with E-state index in [9.17, 15) is 9.59 Å². The highest BCUT2D eigenvalue weighted by Crippen LogP contribution is 2.24. The van der Waals surface area contributed by atoms with Crippen LogP contribution in [0.15, 0.2) is 48.5 Å². The number of likely N-dealkylation sites (tertiary alicyclic amines) is 1. The number of carbonyl (C=O) groups is 2. The van der Waals surface area contributed by atoms with Gasteiger partial charge in [0.05, 0.1) is 23.0 Å². The number of nitrogens with zero attached hydrogens (tertiary/aromatic N) is 3. The molecule has 4 rings (SSSR count). The molecule has 1 saturated heterocycles. The number of hydrogen-bond donors (Lipinski definition) is 3. The molecule has 180 valence electrons. The van der Waals surface area contributed by atoms with Gasteiger partial charge in [0, 0.05) is 37.2 Å². The Labute approximate surface area is 199 Å². The summed E-state index contributed by atoms with van der Waals surface area (Å²) in [6, 6.07) is 15.5. The third kappa shape index (κ3) is 4.83. The van der Waals surface area contributed by atoms with Gasteiger partial charge in [0.15, 0.2) is 0 Å². The zero-order chi connectivity index (χ0) is 24.4. The van der Waals surface area contributed by atoms with E-state index in [2.05, 4.69) is 34.7 Å². The first-order valence-corrected chi connectivity index (χ1v) is 11.8. The maximum Gasteiger partial charge on any atom is 0.251 e. The molecule has 8 heteroatoms. The van der Waals surface area contributed by atoms with Crippen LogP contribution in [0.25, 0.3) is 11.0 Å². The maximum absolute atomic E-state index is 12.9. The quantitative estimate of drug-likeness (QED) is 0.369. The fourth-order valence-electron chi connectivity index (χ4n) is 4.65. The van der Waals surface area contributed by atoms with E-state index >= 15 is 0 Å². The topological polar surface area (TPSA) is 99.5 Å². The summed E-state index contributed by atoms with van der Waals surface area (Å²) in [7, 11) is 0. The molecule has 34 heavy (non-hydrogen) atoms. The van der Waals surface area contributed by atoms with Crippen molar-refractivity contribution in [1.82, 2.24) is 25.2 Å². The third-order valence-electron chi connectivity index (χ3n) is 6.60. The van der Waals surface area contributed by atoms with Crippen molar-refractivity contribution < 1.29 is 14.8 Å². The van der Waals surface area contributed by atoms with E-state index in [1.165, 1.54) is 0 Å². The predicted molar refractivity (Wildman–Crippen MR) is 131 cm³/mol. The average Bonchev–Trinajstić information content (AvgIpc) is 3.41. The van der Waals surface area contributed by atoms with Gasteiger partial charge in [0.1, 0.15) is 5.82 Å². The molecule has 8 nitrogen and oxygen atoms in total. The Morgan fingerprint density at radius 2 is 1.76 bits per heavy atom. The minimum Gasteiger partial charge on any atom is -0.347 e. The van der Waals surface area contributed by atoms with Crippen molar-refractivity contribution in [2.75, 3.05) is 13.1 Å². The molecule has 0 unspecified atom stereocenters.